The molecule has 0 aliphatic heterocycles. The summed E-state index contributed by atoms with van der Waals surface area (Å²) in [5.41, 5.74) is 5.70. The van der Waals surface area contributed by atoms with Crippen LogP contribution in [-0.2, 0) is 4.79 Å². The summed E-state index contributed by atoms with van der Waals surface area (Å²) in [7, 11) is 0. The number of carbonyl (C=O) groups is 2. The number of amides is 2. The quantitative estimate of drug-likeness (QED) is 0.593. The summed E-state index contributed by atoms with van der Waals surface area (Å²) in [6, 6.07) is 14.6. The van der Waals surface area contributed by atoms with E-state index < -0.39 is 0 Å². The van der Waals surface area contributed by atoms with E-state index in [1.54, 1.807) is 42.6 Å². The van der Waals surface area contributed by atoms with Crippen LogP contribution in [0.25, 0.3) is 0 Å². The highest BCUT2D eigenvalue weighted by molar-refractivity contribution is 5.95. The van der Waals surface area contributed by atoms with Crippen molar-refractivity contribution in [3.8, 4) is 0 Å². The number of rotatable bonds is 7. The fraction of sp³-hybridized carbons (Fsp3) is 0.250. The molecule has 0 bridgehead atoms. The minimum Gasteiger partial charge on any atom is -0.372 e. The summed E-state index contributed by atoms with van der Waals surface area (Å²) < 4.78 is 0. The number of anilines is 2. The van der Waals surface area contributed by atoms with Gasteiger partial charge in [0, 0.05) is 37.0 Å². The summed E-state index contributed by atoms with van der Waals surface area (Å²) in [4.78, 5) is 25.3. The van der Waals surface area contributed by atoms with Crippen molar-refractivity contribution in [1.82, 2.24) is 5.43 Å². The third-order valence-electron chi connectivity index (χ3n) is 3.87. The van der Waals surface area contributed by atoms with Gasteiger partial charge in [0.2, 0.25) is 5.91 Å². The highest BCUT2D eigenvalue weighted by atomic mass is 16.2. The minimum atomic E-state index is -0.262. The average molecular weight is 352 g/mol. The van der Waals surface area contributed by atoms with Gasteiger partial charge < -0.3 is 10.2 Å². The van der Waals surface area contributed by atoms with Crippen molar-refractivity contribution in [2.75, 3.05) is 23.3 Å². The molecule has 2 aromatic carbocycles. The first kappa shape index (κ1) is 19.2. The molecule has 26 heavy (non-hydrogen) atoms. The normalized spacial score (nSPS) is 10.6. The predicted octanol–water partition coefficient (Wildman–Crippen LogP) is 3.26. The zero-order valence-corrected chi connectivity index (χ0v) is 15.3. The SMILES string of the molecule is CCN(CC)c1ccc(C(=O)N/N=C/c2ccc(NC(C)=O)cc2)cc1. The highest BCUT2D eigenvalue weighted by Crippen LogP contribution is 2.15. The van der Waals surface area contributed by atoms with Crippen LogP contribution >= 0.6 is 0 Å². The number of carbonyl (C=O) groups excluding carboxylic acids is 2. The van der Waals surface area contributed by atoms with Gasteiger partial charge in [0.15, 0.2) is 0 Å². The van der Waals surface area contributed by atoms with Crippen LogP contribution in [0.2, 0.25) is 0 Å². The number of hydrogen-bond donors (Lipinski definition) is 2. The molecule has 0 aliphatic carbocycles. The molecule has 0 saturated carbocycles. The van der Waals surface area contributed by atoms with Gasteiger partial charge in [0.25, 0.3) is 5.91 Å². The molecule has 0 heterocycles. The van der Waals surface area contributed by atoms with E-state index in [0.29, 0.717) is 11.3 Å². The Morgan fingerprint density at radius 3 is 2.15 bits per heavy atom. The van der Waals surface area contributed by atoms with Crippen molar-refractivity contribution >= 4 is 29.4 Å². The summed E-state index contributed by atoms with van der Waals surface area (Å²) >= 11 is 0. The van der Waals surface area contributed by atoms with Gasteiger partial charge in [-0.25, -0.2) is 5.43 Å². The van der Waals surface area contributed by atoms with Crippen LogP contribution in [0.15, 0.2) is 53.6 Å². The molecular formula is C20H24N4O2. The van der Waals surface area contributed by atoms with E-state index in [1.165, 1.54) is 6.92 Å². The number of hydrazone groups is 1. The van der Waals surface area contributed by atoms with Crippen LogP contribution in [0.5, 0.6) is 0 Å². The number of hydrogen-bond acceptors (Lipinski definition) is 4. The van der Waals surface area contributed by atoms with Gasteiger partial charge in [0.1, 0.15) is 0 Å². The highest BCUT2D eigenvalue weighted by Gasteiger charge is 2.06. The fourth-order valence-corrected chi connectivity index (χ4v) is 2.50. The zero-order chi connectivity index (χ0) is 18.9. The van der Waals surface area contributed by atoms with E-state index in [2.05, 4.69) is 34.6 Å². The maximum absolute atomic E-state index is 12.1. The van der Waals surface area contributed by atoms with Gasteiger partial charge >= 0.3 is 0 Å². The van der Waals surface area contributed by atoms with Gasteiger partial charge in [-0.2, -0.15) is 5.10 Å². The van der Waals surface area contributed by atoms with Crippen molar-refractivity contribution in [2.24, 2.45) is 5.10 Å². The summed E-state index contributed by atoms with van der Waals surface area (Å²) in [5.74, 6) is -0.382. The first-order chi connectivity index (χ1) is 12.5. The van der Waals surface area contributed by atoms with E-state index in [1.807, 2.05) is 12.1 Å². The molecule has 2 aromatic rings. The first-order valence-electron chi connectivity index (χ1n) is 8.59. The Labute approximate surface area is 153 Å². The summed E-state index contributed by atoms with van der Waals surface area (Å²) in [5, 5.41) is 6.67. The van der Waals surface area contributed by atoms with Crippen LogP contribution in [0.4, 0.5) is 11.4 Å². The van der Waals surface area contributed by atoms with E-state index in [0.717, 1.165) is 24.3 Å². The topological polar surface area (TPSA) is 73.8 Å². The second-order valence-electron chi connectivity index (χ2n) is 5.72. The van der Waals surface area contributed by atoms with Crippen molar-refractivity contribution < 1.29 is 9.59 Å². The number of nitrogens with zero attached hydrogens (tertiary/aromatic N) is 2. The lowest BCUT2D eigenvalue weighted by Crippen LogP contribution is -2.22. The molecule has 2 rings (SSSR count). The maximum atomic E-state index is 12.1. The fourth-order valence-electron chi connectivity index (χ4n) is 2.50. The Morgan fingerprint density at radius 2 is 1.62 bits per heavy atom. The standard InChI is InChI=1S/C20H24N4O2/c1-4-24(5-2)19-12-8-17(9-13-19)20(26)23-21-14-16-6-10-18(11-7-16)22-15(3)25/h6-14H,4-5H2,1-3H3,(H,22,25)(H,23,26)/b21-14+. The molecule has 2 N–H and O–H groups in total. The van der Waals surface area contributed by atoms with Gasteiger partial charge in [-0.1, -0.05) is 12.1 Å². The minimum absolute atomic E-state index is 0.120. The summed E-state index contributed by atoms with van der Waals surface area (Å²) in [6.45, 7) is 7.50. The van der Waals surface area contributed by atoms with Crippen LogP contribution in [0, 0.1) is 0 Å². The molecule has 0 saturated heterocycles. The molecule has 0 aromatic heterocycles. The van der Waals surface area contributed by atoms with Crippen molar-refractivity contribution in [1.29, 1.82) is 0 Å². The summed E-state index contributed by atoms with van der Waals surface area (Å²) in [6.07, 6.45) is 1.56. The molecule has 0 spiro atoms. The second-order valence-corrected chi connectivity index (χ2v) is 5.72. The Kier molecular flexibility index (Phi) is 6.91. The van der Waals surface area contributed by atoms with E-state index in [4.69, 9.17) is 0 Å². The Morgan fingerprint density at radius 1 is 1.00 bits per heavy atom. The molecule has 136 valence electrons. The van der Waals surface area contributed by atoms with Crippen LogP contribution in [-0.4, -0.2) is 31.1 Å². The average Bonchev–Trinajstić information content (AvgIpc) is 2.64. The Balaban J connectivity index is 1.93. The lowest BCUT2D eigenvalue weighted by atomic mass is 10.2. The molecular weight excluding hydrogens is 328 g/mol. The Bertz CT molecular complexity index is 763. The second kappa shape index (κ2) is 9.36. The van der Waals surface area contributed by atoms with E-state index in [9.17, 15) is 9.59 Å². The molecule has 6 nitrogen and oxygen atoms in total. The molecule has 0 atom stereocenters. The molecule has 0 aliphatic rings. The third-order valence-corrected chi connectivity index (χ3v) is 3.87. The number of nitrogens with one attached hydrogen (secondary N) is 2. The molecule has 0 unspecified atom stereocenters. The van der Waals surface area contributed by atoms with Gasteiger partial charge in [0.05, 0.1) is 6.21 Å². The molecule has 6 heteroatoms. The largest absolute Gasteiger partial charge is 0.372 e. The van der Waals surface area contributed by atoms with Crippen molar-refractivity contribution in [3.05, 3.63) is 59.7 Å². The van der Waals surface area contributed by atoms with Gasteiger partial charge in [-0.05, 0) is 55.8 Å². The van der Waals surface area contributed by atoms with Crippen LogP contribution in [0.1, 0.15) is 36.7 Å². The van der Waals surface area contributed by atoms with E-state index in [-0.39, 0.29) is 11.8 Å². The monoisotopic (exact) mass is 352 g/mol. The molecule has 2 amide bonds. The van der Waals surface area contributed by atoms with Crippen LogP contribution < -0.4 is 15.6 Å². The third kappa shape index (κ3) is 5.44. The van der Waals surface area contributed by atoms with Gasteiger partial charge in [-0.15, -0.1) is 0 Å². The molecule has 0 fully saturated rings. The lowest BCUT2D eigenvalue weighted by Gasteiger charge is -2.20. The van der Waals surface area contributed by atoms with Crippen molar-refractivity contribution in [3.63, 3.8) is 0 Å². The number of benzene rings is 2. The first-order valence-corrected chi connectivity index (χ1v) is 8.59. The maximum Gasteiger partial charge on any atom is 0.271 e. The Hall–Kier alpha value is -3.15. The van der Waals surface area contributed by atoms with E-state index >= 15 is 0 Å². The lowest BCUT2D eigenvalue weighted by molar-refractivity contribution is -0.114. The predicted molar refractivity (Wildman–Crippen MR) is 106 cm³/mol. The zero-order valence-electron chi connectivity index (χ0n) is 15.3. The van der Waals surface area contributed by atoms with Crippen LogP contribution in [0.3, 0.4) is 0 Å². The smallest absolute Gasteiger partial charge is 0.271 e. The van der Waals surface area contributed by atoms with Crippen molar-refractivity contribution in [2.45, 2.75) is 20.8 Å². The molecule has 0 radical (unpaired) electrons. The van der Waals surface area contributed by atoms with Gasteiger partial charge in [-0.3, -0.25) is 9.59 Å².